The normalized spacial score (nSPS) is 22.8. The van der Waals surface area contributed by atoms with Gasteiger partial charge in [0.2, 0.25) is 11.8 Å². The lowest BCUT2D eigenvalue weighted by atomic mass is 10.0. The van der Waals surface area contributed by atoms with E-state index in [1.165, 1.54) is 25.7 Å². The van der Waals surface area contributed by atoms with Crippen LogP contribution in [0.25, 0.3) is 0 Å². The number of hydrogen-bond acceptors (Lipinski definition) is 7. The van der Waals surface area contributed by atoms with Crippen molar-refractivity contribution in [2.75, 3.05) is 6.54 Å². The second-order valence-electron chi connectivity index (χ2n) is 6.95. The molecule has 2 aromatic heterocycles. The first kappa shape index (κ1) is 14.8. The Morgan fingerprint density at radius 1 is 1.09 bits per heavy atom. The van der Waals surface area contributed by atoms with Crippen molar-refractivity contribution >= 4 is 0 Å². The molecule has 124 valence electrons. The Bertz CT molecular complexity index is 661. The molecule has 0 aromatic carbocycles. The summed E-state index contributed by atoms with van der Waals surface area (Å²) in [4.78, 5) is 11.4. The highest BCUT2D eigenvalue weighted by Crippen LogP contribution is 2.39. The van der Waals surface area contributed by atoms with Crippen LogP contribution in [0.3, 0.4) is 0 Å². The molecular weight excluding hydrogens is 294 g/mol. The molecule has 0 amide bonds. The highest BCUT2D eigenvalue weighted by molar-refractivity contribution is 5.05. The van der Waals surface area contributed by atoms with Crippen LogP contribution in [0.2, 0.25) is 0 Å². The number of piperidine rings is 1. The van der Waals surface area contributed by atoms with Crippen molar-refractivity contribution in [3.63, 3.8) is 0 Å². The summed E-state index contributed by atoms with van der Waals surface area (Å²) in [5, 5.41) is 8.21. The third-order valence-electron chi connectivity index (χ3n) is 4.64. The summed E-state index contributed by atoms with van der Waals surface area (Å²) >= 11 is 0. The minimum atomic E-state index is 0.165. The summed E-state index contributed by atoms with van der Waals surface area (Å²) in [6.45, 7) is 5.77. The van der Waals surface area contributed by atoms with E-state index >= 15 is 0 Å². The molecule has 1 aliphatic heterocycles. The van der Waals surface area contributed by atoms with Crippen molar-refractivity contribution in [1.82, 2.24) is 25.2 Å². The Labute approximate surface area is 135 Å². The lowest BCUT2D eigenvalue weighted by Gasteiger charge is -2.31. The van der Waals surface area contributed by atoms with Crippen molar-refractivity contribution in [1.29, 1.82) is 0 Å². The van der Waals surface area contributed by atoms with Crippen LogP contribution < -0.4 is 0 Å². The minimum Gasteiger partial charge on any atom is -0.338 e. The zero-order valence-electron chi connectivity index (χ0n) is 13.7. The molecule has 3 heterocycles. The first-order chi connectivity index (χ1) is 11.2. The quantitative estimate of drug-likeness (QED) is 0.837. The molecular formula is C16H23N5O2. The number of aromatic nitrogens is 4. The van der Waals surface area contributed by atoms with E-state index in [0.717, 1.165) is 30.5 Å². The van der Waals surface area contributed by atoms with Crippen LogP contribution in [-0.2, 0) is 6.54 Å². The van der Waals surface area contributed by atoms with Gasteiger partial charge in [-0.2, -0.15) is 9.97 Å². The molecule has 2 fully saturated rings. The van der Waals surface area contributed by atoms with Crippen LogP contribution in [-0.4, -0.2) is 31.7 Å². The van der Waals surface area contributed by atoms with Gasteiger partial charge in [-0.25, -0.2) is 0 Å². The highest BCUT2D eigenvalue weighted by Gasteiger charge is 2.33. The summed E-state index contributed by atoms with van der Waals surface area (Å²) in [5.74, 6) is 3.86. The van der Waals surface area contributed by atoms with Crippen molar-refractivity contribution < 1.29 is 9.05 Å². The maximum atomic E-state index is 5.55. The molecule has 2 aliphatic rings. The van der Waals surface area contributed by atoms with Gasteiger partial charge < -0.3 is 9.05 Å². The smallest absolute Gasteiger partial charge is 0.244 e. The Morgan fingerprint density at radius 3 is 2.70 bits per heavy atom. The molecule has 23 heavy (non-hydrogen) atoms. The van der Waals surface area contributed by atoms with Gasteiger partial charge in [-0.1, -0.05) is 30.6 Å². The highest BCUT2D eigenvalue weighted by atomic mass is 16.5. The number of hydrogen-bond donors (Lipinski definition) is 0. The monoisotopic (exact) mass is 317 g/mol. The van der Waals surface area contributed by atoms with Crippen molar-refractivity contribution in [3.8, 4) is 0 Å². The summed E-state index contributed by atoms with van der Waals surface area (Å²) in [6.07, 6.45) is 5.77. The lowest BCUT2D eigenvalue weighted by molar-refractivity contribution is 0.0985. The van der Waals surface area contributed by atoms with Crippen LogP contribution in [0.1, 0.15) is 87.3 Å². The maximum Gasteiger partial charge on any atom is 0.244 e. The molecule has 0 N–H and O–H groups in total. The molecule has 0 radical (unpaired) electrons. The van der Waals surface area contributed by atoms with Crippen LogP contribution in [0.4, 0.5) is 0 Å². The Kier molecular flexibility index (Phi) is 3.88. The fourth-order valence-corrected chi connectivity index (χ4v) is 3.09. The van der Waals surface area contributed by atoms with E-state index in [4.69, 9.17) is 9.05 Å². The average molecular weight is 317 g/mol. The van der Waals surface area contributed by atoms with E-state index in [1.54, 1.807) is 0 Å². The van der Waals surface area contributed by atoms with Crippen LogP contribution in [0.15, 0.2) is 9.05 Å². The first-order valence-electron chi connectivity index (χ1n) is 8.60. The largest absolute Gasteiger partial charge is 0.338 e. The Hall–Kier alpha value is -1.76. The summed E-state index contributed by atoms with van der Waals surface area (Å²) in [7, 11) is 0. The fraction of sp³-hybridized carbons (Fsp3) is 0.750. The molecule has 7 heteroatoms. The summed E-state index contributed by atoms with van der Waals surface area (Å²) in [5.41, 5.74) is 0. The van der Waals surface area contributed by atoms with Crippen LogP contribution >= 0.6 is 0 Å². The number of nitrogens with zero attached hydrogens (tertiary/aromatic N) is 5. The van der Waals surface area contributed by atoms with Gasteiger partial charge in [0.05, 0.1) is 12.6 Å². The Morgan fingerprint density at radius 2 is 1.96 bits per heavy atom. The lowest BCUT2D eigenvalue weighted by Crippen LogP contribution is -2.33. The van der Waals surface area contributed by atoms with Gasteiger partial charge in [0, 0.05) is 11.8 Å². The molecule has 4 rings (SSSR count). The van der Waals surface area contributed by atoms with Crippen molar-refractivity contribution in [3.05, 3.63) is 23.4 Å². The van der Waals surface area contributed by atoms with Crippen molar-refractivity contribution in [2.24, 2.45) is 0 Å². The van der Waals surface area contributed by atoms with Gasteiger partial charge in [0.15, 0.2) is 11.6 Å². The molecule has 2 aromatic rings. The average Bonchev–Trinajstić information content (AvgIpc) is 3.10. The number of likely N-dealkylation sites (tertiary alicyclic amines) is 1. The summed E-state index contributed by atoms with van der Waals surface area (Å²) in [6, 6.07) is 0.165. The second-order valence-corrected chi connectivity index (χ2v) is 6.95. The molecule has 1 saturated heterocycles. The minimum absolute atomic E-state index is 0.165. The third-order valence-corrected chi connectivity index (χ3v) is 4.64. The zero-order chi connectivity index (χ0) is 15.8. The first-order valence-corrected chi connectivity index (χ1v) is 8.60. The second kappa shape index (κ2) is 6.03. The predicted octanol–water partition coefficient (Wildman–Crippen LogP) is 3.18. The molecule has 7 nitrogen and oxygen atoms in total. The maximum absolute atomic E-state index is 5.55. The van der Waals surface area contributed by atoms with Gasteiger partial charge >= 0.3 is 0 Å². The third kappa shape index (κ3) is 3.15. The SMILES string of the molecule is CC(C)c1noc(CN2CCCC[C@H]2c2nc(C3CC3)no2)n1. The van der Waals surface area contributed by atoms with E-state index in [1.807, 2.05) is 0 Å². The summed E-state index contributed by atoms with van der Waals surface area (Å²) < 4.78 is 10.9. The predicted molar refractivity (Wildman–Crippen MR) is 81.7 cm³/mol. The van der Waals surface area contributed by atoms with Gasteiger partial charge in [0.25, 0.3) is 0 Å². The van der Waals surface area contributed by atoms with Gasteiger partial charge in [-0.3, -0.25) is 4.90 Å². The van der Waals surface area contributed by atoms with Gasteiger partial charge in [-0.15, -0.1) is 0 Å². The fourth-order valence-electron chi connectivity index (χ4n) is 3.09. The van der Waals surface area contributed by atoms with Gasteiger partial charge in [0.1, 0.15) is 0 Å². The molecule has 0 bridgehead atoms. The topological polar surface area (TPSA) is 81.1 Å². The van der Waals surface area contributed by atoms with Crippen LogP contribution in [0.5, 0.6) is 0 Å². The van der Waals surface area contributed by atoms with Crippen LogP contribution in [0, 0.1) is 0 Å². The van der Waals surface area contributed by atoms with E-state index in [0.29, 0.717) is 18.4 Å². The molecule has 0 spiro atoms. The van der Waals surface area contributed by atoms with E-state index in [2.05, 4.69) is 39.0 Å². The van der Waals surface area contributed by atoms with Gasteiger partial charge in [-0.05, 0) is 32.2 Å². The van der Waals surface area contributed by atoms with E-state index in [-0.39, 0.29) is 12.0 Å². The zero-order valence-corrected chi connectivity index (χ0v) is 13.7. The molecule has 1 atom stereocenters. The van der Waals surface area contributed by atoms with E-state index < -0.39 is 0 Å². The number of rotatable bonds is 5. The van der Waals surface area contributed by atoms with E-state index in [9.17, 15) is 0 Å². The standard InChI is InChI=1S/C16H23N5O2/c1-10(2)14-17-13(22-19-14)9-21-8-4-3-5-12(21)16-18-15(20-23-16)11-6-7-11/h10-12H,3-9H2,1-2H3/t12-/m0/s1. The Balaban J connectivity index is 1.49. The molecule has 1 saturated carbocycles. The molecule has 1 aliphatic carbocycles. The molecule has 0 unspecified atom stereocenters. The van der Waals surface area contributed by atoms with Crippen molar-refractivity contribution in [2.45, 2.75) is 70.4 Å².